The monoisotopic (exact) mass is 301 g/mol. The molecule has 0 spiro atoms. The summed E-state index contributed by atoms with van der Waals surface area (Å²) in [6, 6.07) is 0. The maximum atomic E-state index is 2.63. The molecule has 0 aliphatic rings. The van der Waals surface area contributed by atoms with E-state index in [-0.39, 0.29) is 0 Å². The zero-order valence-corrected chi connectivity index (χ0v) is 14.0. The van der Waals surface area contributed by atoms with Gasteiger partial charge in [0.05, 0.1) is 0 Å². The number of hydrogen-bond donors (Lipinski definition) is 0. The summed E-state index contributed by atoms with van der Waals surface area (Å²) in [6.07, 6.45) is 5.56. The molecule has 0 heterocycles. The molecule has 84 valence electrons. The van der Waals surface area contributed by atoms with E-state index >= 15 is 0 Å². The van der Waals surface area contributed by atoms with Crippen LogP contribution in [0.2, 0.25) is 13.5 Å². The van der Waals surface area contributed by atoms with E-state index in [1.807, 2.05) is 0 Å². The first kappa shape index (κ1) is 14.8. The van der Waals surface area contributed by atoms with Crippen molar-refractivity contribution < 1.29 is 0 Å². The van der Waals surface area contributed by atoms with Gasteiger partial charge in [-0.15, -0.1) is 0 Å². The van der Waals surface area contributed by atoms with Gasteiger partial charge in [0, 0.05) is 0 Å². The van der Waals surface area contributed by atoms with Crippen LogP contribution in [0.25, 0.3) is 0 Å². The minimum atomic E-state index is -0.878. The predicted molar refractivity (Wildman–Crippen MR) is 68.5 cm³/mol. The first-order valence-electron chi connectivity index (χ1n) is 6.43. The molecule has 1 nitrogen and oxygen atoms in total. The summed E-state index contributed by atoms with van der Waals surface area (Å²) in [7, 11) is 0. The molecular weight excluding hydrogens is 273 g/mol. The fraction of sp³-hybridized carbons (Fsp3) is 1.00. The summed E-state index contributed by atoms with van der Waals surface area (Å²) in [5.41, 5.74) is 0. The second-order valence-corrected chi connectivity index (χ2v) is 14.3. The second kappa shape index (κ2) is 10.4. The van der Waals surface area contributed by atoms with Crippen LogP contribution in [0.15, 0.2) is 0 Å². The van der Waals surface area contributed by atoms with Gasteiger partial charge < -0.3 is 0 Å². The van der Waals surface area contributed by atoms with E-state index in [9.17, 15) is 0 Å². The van der Waals surface area contributed by atoms with E-state index in [0.29, 0.717) is 0 Å². The molecule has 0 atom stereocenters. The number of unbranched alkanes of at least 4 members (excludes halogenated alkanes) is 1. The molecule has 0 rings (SSSR count). The summed E-state index contributed by atoms with van der Waals surface area (Å²) in [5, 5.41) is 0. The predicted octanol–water partition coefficient (Wildman–Crippen LogP) is 3.64. The average molecular weight is 301 g/mol. The molecule has 0 radical (unpaired) electrons. The zero-order valence-electron chi connectivity index (χ0n) is 10.7. The van der Waals surface area contributed by atoms with Crippen molar-refractivity contribution >= 4 is 21.4 Å². The van der Waals surface area contributed by atoms with Crippen molar-refractivity contribution in [1.82, 2.24) is 4.90 Å². The van der Waals surface area contributed by atoms with Gasteiger partial charge in [0.2, 0.25) is 0 Å². The first-order valence-corrected chi connectivity index (χ1v) is 15.3. The number of hydrogen-bond acceptors (Lipinski definition) is 1. The Balaban J connectivity index is 3.40. The van der Waals surface area contributed by atoms with Crippen molar-refractivity contribution in [2.24, 2.45) is 0 Å². The molecule has 0 aliphatic heterocycles. The second-order valence-electron chi connectivity index (χ2n) is 4.73. The Labute approximate surface area is 98.8 Å². The number of rotatable bonds is 9. The molecule has 2 heteroatoms. The average Bonchev–Trinajstić information content (AvgIpc) is 2.12. The third-order valence-corrected chi connectivity index (χ3v) is 7.05. The summed E-state index contributed by atoms with van der Waals surface area (Å²) in [6.45, 7) is 8.53. The van der Waals surface area contributed by atoms with E-state index < -0.39 is 21.4 Å². The van der Waals surface area contributed by atoms with Crippen LogP contribution in [0.3, 0.4) is 0 Å². The summed E-state index contributed by atoms with van der Waals surface area (Å²) >= 11 is -0.878. The van der Waals surface area contributed by atoms with Crippen LogP contribution >= 0.6 is 0 Å². The van der Waals surface area contributed by atoms with E-state index in [1.165, 1.54) is 45.3 Å². The van der Waals surface area contributed by atoms with Gasteiger partial charge in [-0.25, -0.2) is 0 Å². The third-order valence-electron chi connectivity index (χ3n) is 2.59. The Bertz CT molecular complexity index is 109. The van der Waals surface area contributed by atoms with Crippen LogP contribution in [-0.4, -0.2) is 46.0 Å². The van der Waals surface area contributed by atoms with Gasteiger partial charge in [-0.1, -0.05) is 0 Å². The molecule has 0 bridgehead atoms. The Morgan fingerprint density at radius 2 is 1.43 bits per heavy atom. The van der Waals surface area contributed by atoms with Crippen molar-refractivity contribution in [3.8, 4) is 0 Å². The Kier molecular flexibility index (Phi) is 11.0. The van der Waals surface area contributed by atoms with Gasteiger partial charge in [0.1, 0.15) is 0 Å². The summed E-state index contributed by atoms with van der Waals surface area (Å²) in [5.74, 6) is 0. The van der Waals surface area contributed by atoms with E-state index in [0.717, 1.165) is 0 Å². The SMILES string of the molecule is CCCN(CCC)CCC[CH2][In]([CH3])[CH3]. The summed E-state index contributed by atoms with van der Waals surface area (Å²) < 4.78 is 6.66. The van der Waals surface area contributed by atoms with Crippen molar-refractivity contribution in [3.63, 3.8) is 0 Å². The van der Waals surface area contributed by atoms with Crippen LogP contribution in [0.1, 0.15) is 39.5 Å². The quantitative estimate of drug-likeness (QED) is 0.588. The standard InChI is InChI=1S/C10H22N.2CH3.In/c1-4-7-10-11(8-5-2)9-6-3;;;/h1,4-10H2,2-3H3;2*1H3;. The Morgan fingerprint density at radius 3 is 1.86 bits per heavy atom. The molecule has 0 N–H and O–H groups in total. The van der Waals surface area contributed by atoms with E-state index in [2.05, 4.69) is 28.1 Å². The van der Waals surface area contributed by atoms with Gasteiger partial charge in [-0.3, -0.25) is 0 Å². The van der Waals surface area contributed by atoms with Crippen LogP contribution in [-0.2, 0) is 0 Å². The Hall–Kier alpha value is 0.830. The minimum absolute atomic E-state index is 0.878. The molecule has 0 aromatic heterocycles. The van der Waals surface area contributed by atoms with Crippen molar-refractivity contribution in [1.29, 1.82) is 0 Å². The molecule has 14 heavy (non-hydrogen) atoms. The molecule has 0 saturated heterocycles. The van der Waals surface area contributed by atoms with Gasteiger partial charge in [0.25, 0.3) is 0 Å². The fourth-order valence-corrected chi connectivity index (χ4v) is 5.01. The molecular formula is C12H28InN. The van der Waals surface area contributed by atoms with E-state index in [4.69, 9.17) is 0 Å². The molecule has 0 amide bonds. The maximum absolute atomic E-state index is 2.63. The van der Waals surface area contributed by atoms with Crippen LogP contribution in [0, 0.1) is 0 Å². The van der Waals surface area contributed by atoms with Gasteiger partial charge in [0.15, 0.2) is 0 Å². The van der Waals surface area contributed by atoms with Crippen LogP contribution in [0.4, 0.5) is 0 Å². The fourth-order valence-electron chi connectivity index (χ4n) is 1.86. The normalized spacial score (nSPS) is 10.9. The summed E-state index contributed by atoms with van der Waals surface area (Å²) in [4.78, 5) is 2.63. The third kappa shape index (κ3) is 9.39. The van der Waals surface area contributed by atoms with Gasteiger partial charge in [-0.05, 0) is 0 Å². The van der Waals surface area contributed by atoms with Crippen LogP contribution in [0.5, 0.6) is 0 Å². The molecule has 0 aromatic rings. The molecule has 0 fully saturated rings. The van der Waals surface area contributed by atoms with E-state index in [1.54, 1.807) is 4.18 Å². The van der Waals surface area contributed by atoms with Gasteiger partial charge in [-0.2, -0.15) is 0 Å². The molecule has 0 aromatic carbocycles. The Morgan fingerprint density at radius 1 is 0.857 bits per heavy atom. The van der Waals surface area contributed by atoms with Crippen molar-refractivity contribution in [2.75, 3.05) is 19.6 Å². The van der Waals surface area contributed by atoms with Crippen molar-refractivity contribution in [2.45, 2.75) is 53.1 Å². The number of nitrogens with zero attached hydrogens (tertiary/aromatic N) is 1. The van der Waals surface area contributed by atoms with Gasteiger partial charge >= 0.3 is 99.0 Å². The molecule has 0 unspecified atom stereocenters. The first-order chi connectivity index (χ1) is 6.70. The molecule has 0 saturated carbocycles. The zero-order chi connectivity index (χ0) is 10.8. The topological polar surface area (TPSA) is 3.24 Å². The van der Waals surface area contributed by atoms with Crippen molar-refractivity contribution in [3.05, 3.63) is 0 Å². The van der Waals surface area contributed by atoms with Crippen LogP contribution < -0.4 is 0 Å². The molecule has 0 aliphatic carbocycles.